The summed E-state index contributed by atoms with van der Waals surface area (Å²) in [5.74, 6) is -1.06. The molecule has 1 unspecified atom stereocenters. The molecule has 1 atom stereocenters. The number of aryl methyl sites for hydroxylation is 1. The van der Waals surface area contributed by atoms with Gasteiger partial charge in [-0.15, -0.1) is 0 Å². The van der Waals surface area contributed by atoms with Crippen molar-refractivity contribution < 1.29 is 22.4 Å². The van der Waals surface area contributed by atoms with E-state index in [1.54, 1.807) is 29.2 Å². The van der Waals surface area contributed by atoms with Crippen LogP contribution in [0.5, 0.6) is 0 Å². The third-order valence-corrected chi connectivity index (χ3v) is 9.37. The van der Waals surface area contributed by atoms with Crippen molar-refractivity contribution in [2.24, 2.45) is 0 Å². The second-order valence-electron chi connectivity index (χ2n) is 9.32. The van der Waals surface area contributed by atoms with Gasteiger partial charge >= 0.3 is 0 Å². The molecule has 1 aliphatic heterocycles. The lowest BCUT2D eigenvalue weighted by molar-refractivity contribution is -0.134. The second-order valence-corrected chi connectivity index (χ2v) is 12.6. The molecule has 0 bridgehead atoms. The van der Waals surface area contributed by atoms with Crippen molar-refractivity contribution in [3.05, 3.63) is 98.7 Å². The number of benzene rings is 3. The van der Waals surface area contributed by atoms with Gasteiger partial charge in [0.05, 0.1) is 10.9 Å². The van der Waals surface area contributed by atoms with E-state index >= 15 is 0 Å². The summed E-state index contributed by atoms with van der Waals surface area (Å²) < 4.78 is 41.6. The molecular formula is C28H28BrClFN3O4S. The maximum Gasteiger partial charge on any atom is 0.243 e. The normalized spacial score (nSPS) is 15.1. The van der Waals surface area contributed by atoms with Gasteiger partial charge in [0.1, 0.15) is 5.82 Å². The number of halogens is 3. The fourth-order valence-electron chi connectivity index (χ4n) is 4.38. The molecule has 39 heavy (non-hydrogen) atoms. The van der Waals surface area contributed by atoms with Crippen molar-refractivity contribution in [3.63, 3.8) is 0 Å². The lowest BCUT2D eigenvalue weighted by Crippen LogP contribution is -2.50. The van der Waals surface area contributed by atoms with E-state index in [2.05, 4.69) is 21.2 Å². The van der Waals surface area contributed by atoms with Gasteiger partial charge in [-0.3, -0.25) is 9.59 Å². The minimum absolute atomic E-state index is 0.0247. The molecule has 0 saturated carbocycles. The quantitative estimate of drug-likeness (QED) is 0.374. The molecular weight excluding hydrogens is 609 g/mol. The number of sulfonamides is 1. The van der Waals surface area contributed by atoms with Crippen LogP contribution in [0.1, 0.15) is 35.6 Å². The molecule has 4 rings (SSSR count). The largest absolute Gasteiger partial charge is 0.345 e. The molecule has 1 heterocycles. The van der Waals surface area contributed by atoms with Gasteiger partial charge in [0.25, 0.3) is 0 Å². The molecule has 3 aromatic carbocycles. The molecule has 7 nitrogen and oxygen atoms in total. The maximum absolute atomic E-state index is 13.7. The minimum atomic E-state index is -3.65. The Hall–Kier alpha value is -2.79. The van der Waals surface area contributed by atoms with Crippen molar-refractivity contribution in [1.82, 2.24) is 14.5 Å². The maximum atomic E-state index is 13.7. The van der Waals surface area contributed by atoms with Crippen LogP contribution >= 0.6 is 27.5 Å². The van der Waals surface area contributed by atoms with Gasteiger partial charge in [0.2, 0.25) is 21.8 Å². The van der Waals surface area contributed by atoms with Crippen LogP contribution in [0.15, 0.2) is 76.1 Å². The summed E-state index contributed by atoms with van der Waals surface area (Å²) in [4.78, 5) is 27.5. The van der Waals surface area contributed by atoms with Crippen molar-refractivity contribution in [2.45, 2.75) is 30.7 Å². The topological polar surface area (TPSA) is 86.8 Å². The summed E-state index contributed by atoms with van der Waals surface area (Å²) >= 11 is 9.61. The lowest BCUT2D eigenvalue weighted by Gasteiger charge is -2.34. The van der Waals surface area contributed by atoms with Crippen LogP contribution in [0, 0.1) is 12.7 Å². The van der Waals surface area contributed by atoms with Crippen molar-refractivity contribution in [2.75, 3.05) is 26.2 Å². The van der Waals surface area contributed by atoms with Crippen LogP contribution in [-0.2, 0) is 19.6 Å². The Morgan fingerprint density at radius 3 is 2.23 bits per heavy atom. The molecule has 2 amide bonds. The molecule has 0 radical (unpaired) electrons. The molecule has 0 aromatic heterocycles. The fraction of sp³-hybridized carbons (Fsp3) is 0.286. The molecule has 11 heteroatoms. The van der Waals surface area contributed by atoms with Crippen molar-refractivity contribution in [3.8, 4) is 0 Å². The zero-order valence-corrected chi connectivity index (χ0v) is 24.4. The number of hydrogen-bond donors (Lipinski definition) is 1. The summed E-state index contributed by atoms with van der Waals surface area (Å²) in [6.45, 7) is 2.79. The van der Waals surface area contributed by atoms with Gasteiger partial charge in [0, 0.05) is 48.5 Å². The molecule has 0 spiro atoms. The van der Waals surface area contributed by atoms with E-state index in [0.29, 0.717) is 5.56 Å². The van der Waals surface area contributed by atoms with Gasteiger partial charge in [-0.2, -0.15) is 4.31 Å². The van der Waals surface area contributed by atoms with E-state index < -0.39 is 21.9 Å². The van der Waals surface area contributed by atoms with E-state index in [-0.39, 0.29) is 60.8 Å². The third-order valence-electron chi connectivity index (χ3n) is 6.60. The van der Waals surface area contributed by atoms with Crippen LogP contribution < -0.4 is 5.32 Å². The highest BCUT2D eigenvalue weighted by Gasteiger charge is 2.30. The zero-order chi connectivity index (χ0) is 28.2. The number of nitrogens with one attached hydrogen (secondary N) is 1. The van der Waals surface area contributed by atoms with Gasteiger partial charge in [-0.25, -0.2) is 12.8 Å². The summed E-state index contributed by atoms with van der Waals surface area (Å²) in [7, 11) is -3.65. The summed E-state index contributed by atoms with van der Waals surface area (Å²) in [5.41, 5.74) is 2.37. The number of nitrogens with zero attached hydrogens (tertiary/aromatic N) is 2. The SMILES string of the molecule is Cc1ccc(C(NC(=O)CCC(=O)N2CCN(S(=O)(=O)c3ccc(Br)cc3)CC2)c2ccc(F)cc2Cl)cc1. The monoisotopic (exact) mass is 635 g/mol. The molecule has 1 N–H and O–H groups in total. The predicted octanol–water partition coefficient (Wildman–Crippen LogP) is 5.07. The van der Waals surface area contributed by atoms with Gasteiger partial charge in [-0.1, -0.05) is 63.4 Å². The average molecular weight is 637 g/mol. The van der Waals surface area contributed by atoms with Gasteiger partial charge < -0.3 is 10.2 Å². The molecule has 0 aliphatic carbocycles. The number of carbonyl (C=O) groups excluding carboxylic acids is 2. The third kappa shape index (κ3) is 7.25. The zero-order valence-electron chi connectivity index (χ0n) is 21.2. The van der Waals surface area contributed by atoms with E-state index in [4.69, 9.17) is 11.6 Å². The highest BCUT2D eigenvalue weighted by Crippen LogP contribution is 2.29. The Kier molecular flexibility index (Phi) is 9.43. The Bertz CT molecular complexity index is 1440. The first-order chi connectivity index (χ1) is 18.5. The van der Waals surface area contributed by atoms with Crippen molar-refractivity contribution >= 4 is 49.4 Å². The molecule has 1 aliphatic rings. The highest BCUT2D eigenvalue weighted by molar-refractivity contribution is 9.10. The predicted molar refractivity (Wildman–Crippen MR) is 151 cm³/mol. The first kappa shape index (κ1) is 29.2. The molecule has 206 valence electrons. The standard InChI is InChI=1S/C28H28BrClFN3O4S/c1-19-2-4-20(5-3-19)28(24-11-8-22(31)18-25(24)30)32-26(35)12-13-27(36)33-14-16-34(17-15-33)39(37,38)23-9-6-21(29)7-10-23/h2-11,18,28H,12-17H2,1H3,(H,32,35). The molecule has 1 saturated heterocycles. The first-order valence-electron chi connectivity index (χ1n) is 12.4. The number of piperazine rings is 1. The number of amides is 2. The molecule has 1 fully saturated rings. The smallest absolute Gasteiger partial charge is 0.243 e. The fourth-order valence-corrected chi connectivity index (χ4v) is 6.34. The Morgan fingerprint density at radius 2 is 1.62 bits per heavy atom. The summed E-state index contributed by atoms with van der Waals surface area (Å²) in [6, 6.07) is 17.4. The molecule has 3 aromatic rings. The number of rotatable bonds is 8. The van der Waals surface area contributed by atoms with Crippen LogP contribution in [0.4, 0.5) is 4.39 Å². The number of carbonyl (C=O) groups is 2. The van der Waals surface area contributed by atoms with Crippen LogP contribution in [0.3, 0.4) is 0 Å². The highest BCUT2D eigenvalue weighted by atomic mass is 79.9. The van der Waals surface area contributed by atoms with Crippen LogP contribution in [0.25, 0.3) is 0 Å². The Morgan fingerprint density at radius 1 is 0.974 bits per heavy atom. The number of hydrogen-bond acceptors (Lipinski definition) is 4. The van der Waals surface area contributed by atoms with Crippen molar-refractivity contribution in [1.29, 1.82) is 0 Å². The first-order valence-corrected chi connectivity index (χ1v) is 15.0. The van der Waals surface area contributed by atoms with E-state index in [9.17, 15) is 22.4 Å². The van der Waals surface area contributed by atoms with E-state index in [1.165, 1.54) is 22.5 Å². The summed E-state index contributed by atoms with van der Waals surface area (Å²) in [6.07, 6.45) is -0.0829. The average Bonchev–Trinajstić information content (AvgIpc) is 2.91. The van der Waals surface area contributed by atoms with E-state index in [0.717, 1.165) is 15.6 Å². The lowest BCUT2D eigenvalue weighted by atomic mass is 9.97. The van der Waals surface area contributed by atoms with Crippen LogP contribution in [-0.4, -0.2) is 55.6 Å². The van der Waals surface area contributed by atoms with Crippen LogP contribution in [0.2, 0.25) is 5.02 Å². The van der Waals surface area contributed by atoms with E-state index in [1.807, 2.05) is 31.2 Å². The van der Waals surface area contributed by atoms with Gasteiger partial charge in [0.15, 0.2) is 0 Å². The minimum Gasteiger partial charge on any atom is -0.345 e. The Labute approximate surface area is 241 Å². The Balaban J connectivity index is 1.35. The summed E-state index contributed by atoms with van der Waals surface area (Å²) in [5, 5.41) is 3.12. The van der Waals surface area contributed by atoms with Gasteiger partial charge in [-0.05, 0) is 54.4 Å². The second kappa shape index (κ2) is 12.6.